The van der Waals surface area contributed by atoms with E-state index in [0.717, 1.165) is 5.56 Å². The molecule has 0 amide bonds. The lowest BCUT2D eigenvalue weighted by Crippen LogP contribution is -2.51. The summed E-state index contributed by atoms with van der Waals surface area (Å²) in [6.07, 6.45) is 5.10. The minimum absolute atomic E-state index is 0.134. The Hall–Kier alpha value is -0.983. The molecule has 1 rings (SSSR count). The van der Waals surface area contributed by atoms with Gasteiger partial charge in [0.25, 0.3) is 0 Å². The van der Waals surface area contributed by atoms with Gasteiger partial charge in [-0.1, -0.05) is 53.4 Å². The van der Waals surface area contributed by atoms with Crippen LogP contribution in [0.1, 0.15) is 59.1 Å². The van der Waals surface area contributed by atoms with E-state index in [2.05, 4.69) is 76.9 Å². The highest BCUT2D eigenvalue weighted by Crippen LogP contribution is 2.42. The van der Waals surface area contributed by atoms with Gasteiger partial charge in [0.1, 0.15) is 0 Å². The Kier molecular flexibility index (Phi) is 6.31. The zero-order chi connectivity index (χ0) is 16.2. The number of aliphatic hydroxyl groups excluding tert-OH is 1. The molecule has 0 radical (unpaired) electrons. The van der Waals surface area contributed by atoms with Crippen molar-refractivity contribution in [2.75, 3.05) is 6.61 Å². The van der Waals surface area contributed by atoms with Crippen molar-refractivity contribution in [2.45, 2.75) is 71.5 Å². The monoisotopic (exact) mass is 305 g/mol. The summed E-state index contributed by atoms with van der Waals surface area (Å²) in [6, 6.07) is 0. The summed E-state index contributed by atoms with van der Waals surface area (Å²) in [5.41, 5.74) is 4.41. The molecule has 0 saturated carbocycles. The molecule has 1 N–H and O–H groups in total. The fourth-order valence-corrected chi connectivity index (χ4v) is 10.6. The van der Waals surface area contributed by atoms with Gasteiger partial charge >= 0.3 is 0 Å². The largest absolute Gasteiger partial charge is 0.395 e. The molecule has 2 nitrogen and oxygen atoms in total. The fraction of sp³-hybridized carbons (Fsp3) is 0.667. The van der Waals surface area contributed by atoms with Crippen molar-refractivity contribution in [2.24, 2.45) is 0 Å². The molecule has 0 bridgehead atoms. The zero-order valence-electron chi connectivity index (χ0n) is 14.7. The fourth-order valence-electron chi connectivity index (χ4n) is 4.02. The minimum atomic E-state index is -1.66. The summed E-state index contributed by atoms with van der Waals surface area (Å²) >= 11 is 0. The highest BCUT2D eigenvalue weighted by molar-refractivity contribution is 6.82. The van der Waals surface area contributed by atoms with Crippen LogP contribution in [0.5, 0.6) is 0 Å². The maximum absolute atomic E-state index is 8.87. The molecule has 118 valence electrons. The number of hydrogen-bond acceptors (Lipinski definition) is 1. The lowest BCUT2D eigenvalue weighted by molar-refractivity contribution is 0.305. The molecule has 1 heterocycles. The van der Waals surface area contributed by atoms with Gasteiger partial charge in [0.05, 0.1) is 6.61 Å². The van der Waals surface area contributed by atoms with Crippen molar-refractivity contribution in [1.82, 2.24) is 4.23 Å². The van der Waals surface area contributed by atoms with E-state index in [1.807, 2.05) is 0 Å². The van der Waals surface area contributed by atoms with Crippen LogP contribution in [0.3, 0.4) is 0 Å². The predicted molar refractivity (Wildman–Crippen MR) is 94.2 cm³/mol. The summed E-state index contributed by atoms with van der Waals surface area (Å²) in [4.78, 5) is 0. The SMILES string of the molecule is Cc1cn([Si](C(C)C)(C(C)C)C(C)C)cc1C#CCCO. The Bertz CT molecular complexity index is 495. The second-order valence-corrected chi connectivity index (χ2v) is 12.6. The summed E-state index contributed by atoms with van der Waals surface area (Å²) in [5.74, 6) is 6.26. The Labute approximate surface area is 131 Å². The van der Waals surface area contributed by atoms with E-state index in [1.54, 1.807) is 0 Å². The third-order valence-corrected chi connectivity index (χ3v) is 11.4. The number of rotatable bonds is 5. The predicted octanol–water partition coefficient (Wildman–Crippen LogP) is 4.55. The van der Waals surface area contributed by atoms with Crippen LogP contribution in [0.4, 0.5) is 0 Å². The first-order valence-electron chi connectivity index (χ1n) is 8.07. The van der Waals surface area contributed by atoms with Crippen molar-refractivity contribution in [3.8, 4) is 11.8 Å². The van der Waals surface area contributed by atoms with Crippen molar-refractivity contribution < 1.29 is 5.11 Å². The summed E-state index contributed by atoms with van der Waals surface area (Å²) < 4.78 is 2.53. The van der Waals surface area contributed by atoms with Gasteiger partial charge in [-0.25, -0.2) is 0 Å². The maximum Gasteiger partial charge on any atom is 0.168 e. The van der Waals surface area contributed by atoms with Crippen molar-refractivity contribution in [3.05, 3.63) is 23.5 Å². The van der Waals surface area contributed by atoms with E-state index >= 15 is 0 Å². The van der Waals surface area contributed by atoms with Crippen LogP contribution in [0.2, 0.25) is 16.6 Å². The Balaban J connectivity index is 3.35. The van der Waals surface area contributed by atoms with Gasteiger partial charge in [-0.3, -0.25) is 0 Å². The van der Waals surface area contributed by atoms with Gasteiger partial charge < -0.3 is 9.34 Å². The molecular weight excluding hydrogens is 274 g/mol. The average molecular weight is 306 g/mol. The first kappa shape index (κ1) is 18.1. The van der Waals surface area contributed by atoms with Gasteiger partial charge in [0.2, 0.25) is 0 Å². The lowest BCUT2D eigenvalue weighted by atomic mass is 10.2. The lowest BCUT2D eigenvalue weighted by Gasteiger charge is -2.44. The number of aryl methyl sites for hydroxylation is 1. The van der Waals surface area contributed by atoms with Crippen LogP contribution in [0, 0.1) is 18.8 Å². The highest BCUT2D eigenvalue weighted by Gasteiger charge is 2.45. The molecule has 0 spiro atoms. The zero-order valence-corrected chi connectivity index (χ0v) is 15.7. The topological polar surface area (TPSA) is 25.2 Å². The molecular formula is C18H31NOSi. The second-order valence-electron chi connectivity index (χ2n) is 6.89. The molecule has 0 saturated heterocycles. The van der Waals surface area contributed by atoms with Gasteiger partial charge in [0.15, 0.2) is 8.24 Å². The van der Waals surface area contributed by atoms with E-state index in [0.29, 0.717) is 23.0 Å². The van der Waals surface area contributed by atoms with E-state index in [4.69, 9.17) is 5.11 Å². The average Bonchev–Trinajstić information content (AvgIpc) is 2.70. The molecule has 0 aliphatic rings. The summed E-state index contributed by atoms with van der Waals surface area (Å²) in [5, 5.41) is 8.87. The number of hydrogen-bond donors (Lipinski definition) is 1. The summed E-state index contributed by atoms with van der Waals surface area (Å²) in [6.45, 7) is 16.5. The molecule has 0 aliphatic heterocycles. The molecule has 3 heteroatoms. The normalized spacial score (nSPS) is 12.1. The standard InChI is InChI=1S/C18H31NOSi/c1-14(2)21(15(3)4,16(5)6)19-12-17(7)18(13-19)10-8-9-11-20/h12-16,20H,9,11H2,1-7H3. The van der Waals surface area contributed by atoms with Crippen LogP contribution >= 0.6 is 0 Å². The van der Waals surface area contributed by atoms with E-state index in [9.17, 15) is 0 Å². The Morgan fingerprint density at radius 1 is 1.05 bits per heavy atom. The third-order valence-electron chi connectivity index (χ3n) is 4.71. The van der Waals surface area contributed by atoms with Crippen molar-refractivity contribution in [3.63, 3.8) is 0 Å². The van der Waals surface area contributed by atoms with Crippen molar-refractivity contribution in [1.29, 1.82) is 0 Å². The number of aliphatic hydroxyl groups is 1. The first-order valence-corrected chi connectivity index (χ1v) is 10.2. The van der Waals surface area contributed by atoms with Crippen molar-refractivity contribution >= 4 is 8.24 Å². The molecule has 1 aromatic heterocycles. The van der Waals surface area contributed by atoms with Gasteiger partial charge in [-0.05, 0) is 35.3 Å². The smallest absolute Gasteiger partial charge is 0.168 e. The number of nitrogens with zero attached hydrogens (tertiary/aromatic N) is 1. The highest BCUT2D eigenvalue weighted by atomic mass is 28.3. The molecule has 0 aromatic carbocycles. The van der Waals surface area contributed by atoms with Crippen LogP contribution < -0.4 is 0 Å². The van der Waals surface area contributed by atoms with Crippen LogP contribution in [0.25, 0.3) is 0 Å². The quantitative estimate of drug-likeness (QED) is 0.626. The molecule has 0 fully saturated rings. The summed E-state index contributed by atoms with van der Waals surface area (Å²) in [7, 11) is -1.66. The van der Waals surface area contributed by atoms with E-state index in [1.165, 1.54) is 5.56 Å². The van der Waals surface area contributed by atoms with Crippen LogP contribution in [0.15, 0.2) is 12.4 Å². The van der Waals surface area contributed by atoms with E-state index in [-0.39, 0.29) is 6.61 Å². The maximum atomic E-state index is 8.87. The molecule has 0 atom stereocenters. The van der Waals surface area contributed by atoms with Gasteiger partial charge in [0, 0.05) is 18.2 Å². The third kappa shape index (κ3) is 3.44. The Morgan fingerprint density at radius 2 is 1.57 bits per heavy atom. The number of aromatic nitrogens is 1. The van der Waals surface area contributed by atoms with Crippen LogP contribution in [-0.4, -0.2) is 24.2 Å². The molecule has 21 heavy (non-hydrogen) atoms. The minimum Gasteiger partial charge on any atom is -0.395 e. The Morgan fingerprint density at radius 3 is 2.00 bits per heavy atom. The molecule has 1 aromatic rings. The van der Waals surface area contributed by atoms with Gasteiger partial charge in [-0.2, -0.15) is 0 Å². The van der Waals surface area contributed by atoms with E-state index < -0.39 is 8.24 Å². The van der Waals surface area contributed by atoms with Gasteiger partial charge in [-0.15, -0.1) is 0 Å². The molecule has 0 unspecified atom stereocenters. The molecule has 0 aliphatic carbocycles. The van der Waals surface area contributed by atoms with Crippen LogP contribution in [-0.2, 0) is 0 Å². The first-order chi connectivity index (χ1) is 9.78. The second kappa shape index (κ2) is 7.33.